The van der Waals surface area contributed by atoms with Crippen molar-refractivity contribution in [1.29, 1.82) is 0 Å². The molecule has 8 nitrogen and oxygen atoms in total. The van der Waals surface area contributed by atoms with Crippen LogP contribution in [0.5, 0.6) is 0 Å². The predicted octanol–water partition coefficient (Wildman–Crippen LogP) is 1.56. The Morgan fingerprint density at radius 2 is 2.14 bits per heavy atom. The summed E-state index contributed by atoms with van der Waals surface area (Å²) in [4.78, 5) is 22.6. The van der Waals surface area contributed by atoms with Gasteiger partial charge >= 0.3 is 5.69 Å². The zero-order valence-corrected chi connectivity index (χ0v) is 12.8. The number of carbonyl (C=O) groups is 1. The number of ether oxygens (including phenoxy) is 1. The number of aryl methyl sites for hydroxylation is 1. The highest BCUT2D eigenvalue weighted by Gasteiger charge is 2.58. The van der Waals surface area contributed by atoms with Gasteiger partial charge in [0.05, 0.1) is 10.5 Å². The van der Waals surface area contributed by atoms with Crippen LogP contribution in [0.1, 0.15) is 43.4 Å². The van der Waals surface area contributed by atoms with Gasteiger partial charge in [-0.3, -0.25) is 20.0 Å². The van der Waals surface area contributed by atoms with E-state index in [0.717, 1.165) is 0 Å². The number of aromatic amines is 1. The van der Waals surface area contributed by atoms with Crippen molar-refractivity contribution in [1.82, 2.24) is 15.5 Å². The van der Waals surface area contributed by atoms with Crippen LogP contribution < -0.4 is 5.32 Å². The molecule has 1 aromatic heterocycles. The monoisotopic (exact) mass is 296 g/mol. The molecule has 0 saturated heterocycles. The SMILES string of the molecule is CO[C@@]1(C)C[C@@H](NC(=O)c2n[nH]c(C)c2[N+](=O)[O-])C1(C)C. The number of amides is 1. The van der Waals surface area contributed by atoms with Crippen LogP contribution in [-0.2, 0) is 4.74 Å². The van der Waals surface area contributed by atoms with Crippen LogP contribution in [-0.4, -0.2) is 39.8 Å². The highest BCUT2D eigenvalue weighted by Crippen LogP contribution is 2.51. The molecule has 8 heteroatoms. The van der Waals surface area contributed by atoms with E-state index in [2.05, 4.69) is 15.5 Å². The minimum absolute atomic E-state index is 0.119. The van der Waals surface area contributed by atoms with Crippen LogP contribution >= 0.6 is 0 Å². The molecule has 1 fully saturated rings. The summed E-state index contributed by atoms with van der Waals surface area (Å²) in [5.41, 5.74) is -0.783. The average Bonchev–Trinajstić information content (AvgIpc) is 2.79. The van der Waals surface area contributed by atoms with Crippen molar-refractivity contribution in [2.45, 2.75) is 45.8 Å². The van der Waals surface area contributed by atoms with Crippen molar-refractivity contribution in [2.75, 3.05) is 7.11 Å². The first-order valence-corrected chi connectivity index (χ1v) is 6.69. The molecule has 0 aromatic carbocycles. The summed E-state index contributed by atoms with van der Waals surface area (Å²) in [5, 5.41) is 20.0. The molecular formula is C13H20N4O4. The van der Waals surface area contributed by atoms with Crippen LogP contribution in [0.25, 0.3) is 0 Å². The Bertz CT molecular complexity index is 595. The van der Waals surface area contributed by atoms with E-state index in [1.165, 1.54) is 6.92 Å². The lowest BCUT2D eigenvalue weighted by Gasteiger charge is -2.59. The number of hydrogen-bond acceptors (Lipinski definition) is 5. The van der Waals surface area contributed by atoms with Gasteiger partial charge in [-0.2, -0.15) is 5.10 Å². The fourth-order valence-electron chi connectivity index (χ4n) is 2.75. The van der Waals surface area contributed by atoms with Crippen LogP contribution in [0.3, 0.4) is 0 Å². The van der Waals surface area contributed by atoms with E-state index in [0.29, 0.717) is 6.42 Å². The minimum Gasteiger partial charge on any atom is -0.378 e. The maximum Gasteiger partial charge on any atom is 0.322 e. The van der Waals surface area contributed by atoms with Gasteiger partial charge in [0.25, 0.3) is 5.91 Å². The average molecular weight is 296 g/mol. The number of nitro groups is 1. The highest BCUT2D eigenvalue weighted by atomic mass is 16.6. The molecule has 2 N–H and O–H groups in total. The summed E-state index contributed by atoms with van der Waals surface area (Å²) in [5.74, 6) is -0.540. The number of nitrogens with one attached hydrogen (secondary N) is 2. The Hall–Kier alpha value is -1.96. The number of hydrogen-bond donors (Lipinski definition) is 2. The van der Waals surface area contributed by atoms with Crippen molar-refractivity contribution in [2.24, 2.45) is 5.41 Å². The Labute approximate surface area is 122 Å². The zero-order chi connectivity index (χ0) is 16.0. The van der Waals surface area contributed by atoms with E-state index in [-0.39, 0.29) is 34.1 Å². The lowest BCUT2D eigenvalue weighted by atomic mass is 9.56. The summed E-state index contributed by atoms with van der Waals surface area (Å²) in [6.07, 6.45) is 0.652. The molecular weight excluding hydrogens is 276 g/mol. The fourth-order valence-corrected chi connectivity index (χ4v) is 2.75. The second kappa shape index (κ2) is 4.80. The van der Waals surface area contributed by atoms with Gasteiger partial charge in [0.15, 0.2) is 0 Å². The molecule has 0 aliphatic heterocycles. The second-order valence-electron chi connectivity index (χ2n) is 6.19. The lowest BCUT2D eigenvalue weighted by Crippen LogP contribution is -2.68. The van der Waals surface area contributed by atoms with Crippen molar-refractivity contribution < 1.29 is 14.5 Å². The van der Waals surface area contributed by atoms with E-state index in [9.17, 15) is 14.9 Å². The molecule has 2 rings (SSSR count). The molecule has 1 aliphatic carbocycles. The molecule has 21 heavy (non-hydrogen) atoms. The number of nitrogens with zero attached hydrogens (tertiary/aromatic N) is 2. The molecule has 0 spiro atoms. The summed E-state index contributed by atoms with van der Waals surface area (Å²) in [6.45, 7) is 7.48. The van der Waals surface area contributed by atoms with Crippen LogP contribution in [0.4, 0.5) is 5.69 Å². The summed E-state index contributed by atoms with van der Waals surface area (Å²) in [7, 11) is 1.64. The van der Waals surface area contributed by atoms with Crippen molar-refractivity contribution in [3.63, 3.8) is 0 Å². The van der Waals surface area contributed by atoms with Gasteiger partial charge in [-0.15, -0.1) is 0 Å². The first-order chi connectivity index (χ1) is 9.64. The molecule has 0 unspecified atom stereocenters. The van der Waals surface area contributed by atoms with Crippen molar-refractivity contribution in [3.8, 4) is 0 Å². The van der Waals surface area contributed by atoms with E-state index >= 15 is 0 Å². The number of H-pyrrole nitrogens is 1. The van der Waals surface area contributed by atoms with Gasteiger partial charge in [0.1, 0.15) is 5.69 Å². The van der Waals surface area contributed by atoms with Gasteiger partial charge in [0, 0.05) is 18.6 Å². The molecule has 1 heterocycles. The largest absolute Gasteiger partial charge is 0.378 e. The van der Waals surface area contributed by atoms with Crippen LogP contribution in [0, 0.1) is 22.5 Å². The molecule has 0 bridgehead atoms. The fraction of sp³-hybridized carbons (Fsp3) is 0.692. The molecule has 1 aromatic rings. The smallest absolute Gasteiger partial charge is 0.322 e. The van der Waals surface area contributed by atoms with E-state index in [1.54, 1.807) is 7.11 Å². The first kappa shape index (κ1) is 15.4. The lowest BCUT2D eigenvalue weighted by molar-refractivity contribution is -0.385. The molecule has 116 valence electrons. The van der Waals surface area contributed by atoms with E-state index in [1.807, 2.05) is 20.8 Å². The summed E-state index contributed by atoms with van der Waals surface area (Å²) in [6, 6.07) is -0.119. The van der Waals surface area contributed by atoms with E-state index < -0.39 is 10.8 Å². The van der Waals surface area contributed by atoms with Gasteiger partial charge in [-0.1, -0.05) is 13.8 Å². The highest BCUT2D eigenvalue weighted by molar-refractivity contribution is 5.96. The quantitative estimate of drug-likeness (QED) is 0.647. The Morgan fingerprint density at radius 3 is 2.62 bits per heavy atom. The molecule has 1 aliphatic rings. The van der Waals surface area contributed by atoms with Gasteiger partial charge in [-0.05, 0) is 20.3 Å². The van der Waals surface area contributed by atoms with Gasteiger partial charge in [-0.25, -0.2) is 0 Å². The number of rotatable bonds is 4. The maximum atomic E-state index is 12.2. The third-order valence-electron chi connectivity index (χ3n) is 4.90. The topological polar surface area (TPSA) is 110 Å². The third kappa shape index (κ3) is 2.19. The molecule has 2 atom stereocenters. The Kier molecular flexibility index (Phi) is 3.53. The molecule has 1 amide bonds. The predicted molar refractivity (Wildman–Crippen MR) is 75.0 cm³/mol. The minimum atomic E-state index is -0.598. The van der Waals surface area contributed by atoms with Gasteiger partial charge < -0.3 is 10.1 Å². The first-order valence-electron chi connectivity index (χ1n) is 6.69. The Morgan fingerprint density at radius 1 is 1.52 bits per heavy atom. The number of methoxy groups -OCH3 is 1. The molecule has 0 radical (unpaired) electrons. The molecule has 1 saturated carbocycles. The standard InChI is InChI=1S/C13H20N4O4/c1-7-10(17(19)20)9(16-15-7)11(18)14-8-6-13(4,21-5)12(8,2)3/h8H,6H2,1-5H3,(H,14,18)(H,15,16)/t8-,13+/m1/s1. The number of aromatic nitrogens is 2. The summed E-state index contributed by atoms with van der Waals surface area (Å²) >= 11 is 0. The van der Waals surface area contributed by atoms with E-state index in [4.69, 9.17) is 4.74 Å². The number of carbonyl (C=O) groups excluding carboxylic acids is 1. The van der Waals surface area contributed by atoms with Crippen molar-refractivity contribution >= 4 is 11.6 Å². The van der Waals surface area contributed by atoms with Gasteiger partial charge in [0.2, 0.25) is 5.69 Å². The Balaban J connectivity index is 2.16. The zero-order valence-electron chi connectivity index (χ0n) is 12.8. The van der Waals surface area contributed by atoms with Crippen molar-refractivity contribution in [3.05, 3.63) is 21.5 Å². The van der Waals surface area contributed by atoms with Crippen LogP contribution in [0.15, 0.2) is 0 Å². The van der Waals surface area contributed by atoms with Crippen LogP contribution in [0.2, 0.25) is 0 Å². The third-order valence-corrected chi connectivity index (χ3v) is 4.90. The summed E-state index contributed by atoms with van der Waals surface area (Å²) < 4.78 is 5.49. The normalized spacial score (nSPS) is 27.0. The second-order valence-corrected chi connectivity index (χ2v) is 6.19. The maximum absolute atomic E-state index is 12.2.